The number of aryl methyl sites for hydroxylation is 1. The summed E-state index contributed by atoms with van der Waals surface area (Å²) >= 11 is 0. The first kappa shape index (κ1) is 23.8. The van der Waals surface area contributed by atoms with Crippen molar-refractivity contribution < 1.29 is 18.0 Å². The Bertz CT molecular complexity index is 1590. The van der Waals surface area contributed by atoms with Crippen molar-refractivity contribution in [1.29, 1.82) is 0 Å². The number of benzene rings is 2. The van der Waals surface area contributed by atoms with Gasteiger partial charge in [-0.25, -0.2) is 18.1 Å². The lowest BCUT2D eigenvalue weighted by Gasteiger charge is -2.13. The van der Waals surface area contributed by atoms with E-state index in [2.05, 4.69) is 10.3 Å². The summed E-state index contributed by atoms with van der Waals surface area (Å²) in [5.74, 6) is -1.36. The van der Waals surface area contributed by atoms with Crippen LogP contribution in [0.15, 0.2) is 82.6 Å². The zero-order valence-corrected chi connectivity index (χ0v) is 19.8. The lowest BCUT2D eigenvalue weighted by molar-refractivity contribution is -0.117. The standard InChI is InChI=1S/C25H22N4O5S/c1-16-5-7-18(8-6-16)15-29-23-19(4-3-13-26-23)14-22(25(29)32)24(31)27-20-9-11-21(12-10-20)35(33,34)28-17(2)30/h3-14H,15H2,1-2H3,(H,27,31)(H,28,30). The second-order valence-electron chi connectivity index (χ2n) is 7.99. The van der Waals surface area contributed by atoms with Crippen molar-refractivity contribution in [3.8, 4) is 0 Å². The van der Waals surface area contributed by atoms with Crippen molar-refractivity contribution in [3.63, 3.8) is 0 Å². The van der Waals surface area contributed by atoms with Crippen LogP contribution in [0.4, 0.5) is 5.69 Å². The summed E-state index contributed by atoms with van der Waals surface area (Å²) in [5.41, 5.74) is 2.15. The molecule has 35 heavy (non-hydrogen) atoms. The van der Waals surface area contributed by atoms with Gasteiger partial charge in [0, 0.05) is 24.2 Å². The Kier molecular flexibility index (Phi) is 6.48. The molecule has 0 aliphatic carbocycles. The molecule has 0 atom stereocenters. The van der Waals surface area contributed by atoms with Crippen LogP contribution in [0.5, 0.6) is 0 Å². The maximum absolute atomic E-state index is 13.3. The summed E-state index contributed by atoms with van der Waals surface area (Å²) in [6.07, 6.45) is 1.59. The Morgan fingerprint density at radius 1 is 1.00 bits per heavy atom. The van der Waals surface area contributed by atoms with Crippen LogP contribution >= 0.6 is 0 Å². The summed E-state index contributed by atoms with van der Waals surface area (Å²) in [6.45, 7) is 3.31. The number of amides is 2. The molecule has 0 bridgehead atoms. The smallest absolute Gasteiger partial charge is 0.265 e. The Labute approximate surface area is 201 Å². The summed E-state index contributed by atoms with van der Waals surface area (Å²) in [4.78, 5) is 41.7. The van der Waals surface area contributed by atoms with Crippen LogP contribution in [0.2, 0.25) is 0 Å². The fourth-order valence-corrected chi connectivity index (χ4v) is 4.55. The molecule has 0 radical (unpaired) electrons. The summed E-state index contributed by atoms with van der Waals surface area (Å²) in [6, 6.07) is 18.0. The molecule has 4 aromatic rings. The van der Waals surface area contributed by atoms with Crippen LogP contribution in [0.1, 0.15) is 28.4 Å². The summed E-state index contributed by atoms with van der Waals surface area (Å²) < 4.78 is 27.5. The van der Waals surface area contributed by atoms with E-state index in [-0.39, 0.29) is 22.7 Å². The highest BCUT2D eigenvalue weighted by Crippen LogP contribution is 2.17. The normalized spacial score (nSPS) is 11.3. The predicted molar refractivity (Wildman–Crippen MR) is 132 cm³/mol. The first-order chi connectivity index (χ1) is 16.6. The number of nitrogens with one attached hydrogen (secondary N) is 2. The van der Waals surface area contributed by atoms with Gasteiger partial charge in [-0.15, -0.1) is 0 Å². The quantitative estimate of drug-likeness (QED) is 0.428. The molecule has 0 unspecified atom stereocenters. The van der Waals surface area contributed by atoms with Crippen molar-refractivity contribution in [2.75, 3.05) is 5.32 Å². The highest BCUT2D eigenvalue weighted by molar-refractivity contribution is 7.90. The molecular formula is C25H22N4O5S. The van der Waals surface area contributed by atoms with Crippen LogP contribution in [0.25, 0.3) is 11.0 Å². The van der Waals surface area contributed by atoms with E-state index in [9.17, 15) is 22.8 Å². The minimum Gasteiger partial charge on any atom is -0.322 e. The molecule has 2 aromatic carbocycles. The van der Waals surface area contributed by atoms with Crippen LogP contribution < -0.4 is 15.6 Å². The van der Waals surface area contributed by atoms with Gasteiger partial charge < -0.3 is 5.32 Å². The predicted octanol–water partition coefficient (Wildman–Crippen LogP) is 2.83. The second-order valence-corrected chi connectivity index (χ2v) is 9.67. The summed E-state index contributed by atoms with van der Waals surface area (Å²) in [5, 5.41) is 3.25. The van der Waals surface area contributed by atoms with Gasteiger partial charge in [-0.1, -0.05) is 29.8 Å². The minimum atomic E-state index is -4.00. The second kappa shape index (κ2) is 9.51. The monoisotopic (exact) mass is 490 g/mol. The molecule has 0 aliphatic heterocycles. The fourth-order valence-electron chi connectivity index (χ4n) is 3.56. The van der Waals surface area contributed by atoms with Crippen molar-refractivity contribution >= 4 is 38.6 Å². The molecule has 178 valence electrons. The third-order valence-electron chi connectivity index (χ3n) is 5.25. The van der Waals surface area contributed by atoms with Crippen LogP contribution in [-0.2, 0) is 21.4 Å². The Hall–Kier alpha value is -4.31. The SMILES string of the molecule is CC(=O)NS(=O)(=O)c1ccc(NC(=O)c2cc3cccnc3n(Cc3ccc(C)cc3)c2=O)cc1. The number of aromatic nitrogens is 2. The molecule has 0 aliphatic rings. The average Bonchev–Trinajstić information content (AvgIpc) is 2.81. The number of hydrogen-bond acceptors (Lipinski definition) is 6. The maximum Gasteiger partial charge on any atom is 0.265 e. The van der Waals surface area contributed by atoms with Crippen molar-refractivity contribution in [1.82, 2.24) is 14.3 Å². The lowest BCUT2D eigenvalue weighted by Crippen LogP contribution is -2.30. The third kappa shape index (κ3) is 5.28. The minimum absolute atomic E-state index is 0.0763. The number of hydrogen-bond donors (Lipinski definition) is 2. The van der Waals surface area contributed by atoms with E-state index in [1.165, 1.54) is 34.9 Å². The molecular weight excluding hydrogens is 468 g/mol. The van der Waals surface area contributed by atoms with Crippen LogP contribution in [0, 0.1) is 6.92 Å². The first-order valence-corrected chi connectivity index (χ1v) is 12.1. The van der Waals surface area contributed by atoms with E-state index < -0.39 is 27.4 Å². The Morgan fingerprint density at radius 3 is 2.34 bits per heavy atom. The molecule has 2 N–H and O–H groups in total. The van der Waals surface area contributed by atoms with Gasteiger partial charge >= 0.3 is 0 Å². The number of pyridine rings is 2. The molecule has 9 nitrogen and oxygen atoms in total. The van der Waals surface area contributed by atoms with Crippen molar-refractivity contribution in [2.24, 2.45) is 0 Å². The van der Waals surface area contributed by atoms with Crippen LogP contribution in [0.3, 0.4) is 0 Å². The molecule has 0 spiro atoms. The number of carbonyl (C=O) groups excluding carboxylic acids is 2. The molecule has 0 fully saturated rings. The van der Waals surface area contributed by atoms with E-state index in [1.807, 2.05) is 35.9 Å². The number of carbonyl (C=O) groups is 2. The Balaban J connectivity index is 1.66. The van der Waals surface area contributed by atoms with E-state index in [4.69, 9.17) is 0 Å². The lowest BCUT2D eigenvalue weighted by atomic mass is 10.1. The van der Waals surface area contributed by atoms with Gasteiger partial charge in [0.2, 0.25) is 5.91 Å². The summed E-state index contributed by atoms with van der Waals surface area (Å²) in [7, 11) is -4.00. The molecule has 2 heterocycles. The first-order valence-electron chi connectivity index (χ1n) is 10.6. The topological polar surface area (TPSA) is 127 Å². The zero-order chi connectivity index (χ0) is 25.2. The van der Waals surface area contributed by atoms with Gasteiger partial charge in [-0.3, -0.25) is 19.0 Å². The molecule has 0 saturated carbocycles. The number of nitrogens with zero attached hydrogens (tertiary/aromatic N) is 2. The third-order valence-corrected chi connectivity index (χ3v) is 6.70. The molecule has 4 rings (SSSR count). The van der Waals surface area contributed by atoms with E-state index in [0.29, 0.717) is 11.0 Å². The number of anilines is 1. The molecule has 2 amide bonds. The maximum atomic E-state index is 13.3. The average molecular weight is 491 g/mol. The number of rotatable bonds is 6. The Morgan fingerprint density at radius 2 is 1.69 bits per heavy atom. The van der Waals surface area contributed by atoms with Crippen molar-refractivity contribution in [3.05, 3.63) is 100.0 Å². The largest absolute Gasteiger partial charge is 0.322 e. The highest BCUT2D eigenvalue weighted by Gasteiger charge is 2.18. The van der Waals surface area contributed by atoms with Crippen molar-refractivity contribution in [2.45, 2.75) is 25.3 Å². The fraction of sp³-hybridized carbons (Fsp3) is 0.120. The van der Waals surface area contributed by atoms with Gasteiger partial charge in [-0.05, 0) is 55.0 Å². The van der Waals surface area contributed by atoms with Gasteiger partial charge in [-0.2, -0.15) is 0 Å². The van der Waals surface area contributed by atoms with Crippen LogP contribution in [-0.4, -0.2) is 29.8 Å². The zero-order valence-electron chi connectivity index (χ0n) is 19.0. The van der Waals surface area contributed by atoms with E-state index >= 15 is 0 Å². The van der Waals surface area contributed by atoms with E-state index in [1.54, 1.807) is 18.3 Å². The molecule has 10 heteroatoms. The highest BCUT2D eigenvalue weighted by atomic mass is 32.2. The van der Waals surface area contributed by atoms with Gasteiger partial charge in [0.15, 0.2) is 0 Å². The van der Waals surface area contributed by atoms with Gasteiger partial charge in [0.1, 0.15) is 11.2 Å². The molecule has 2 aromatic heterocycles. The van der Waals surface area contributed by atoms with Gasteiger partial charge in [0.05, 0.1) is 11.4 Å². The van der Waals surface area contributed by atoms with E-state index in [0.717, 1.165) is 18.1 Å². The number of fused-ring (bicyclic) bond motifs is 1. The molecule has 0 saturated heterocycles. The number of sulfonamides is 1. The van der Waals surface area contributed by atoms with Gasteiger partial charge in [0.25, 0.3) is 21.5 Å².